The molecule has 356 valence electrons. The molecule has 0 N–H and O–H groups in total. The highest BCUT2D eigenvalue weighted by atomic mass is 16.6. The van der Waals surface area contributed by atoms with Crippen LogP contribution in [0.2, 0.25) is 0 Å². The molecule has 0 saturated heterocycles. The van der Waals surface area contributed by atoms with Gasteiger partial charge in [-0.25, -0.2) is 0 Å². The largest absolute Gasteiger partial charge is 0.462 e. The van der Waals surface area contributed by atoms with E-state index in [0.29, 0.717) is 19.3 Å². The summed E-state index contributed by atoms with van der Waals surface area (Å²) in [5.74, 6) is 0.766. The number of rotatable bonds is 48. The highest BCUT2D eigenvalue weighted by Gasteiger charge is 2.19. The van der Waals surface area contributed by atoms with Crippen molar-refractivity contribution in [3.05, 3.63) is 0 Å². The Morgan fingerprint density at radius 3 is 0.817 bits per heavy atom. The number of carbonyl (C=O) groups excluding carboxylic acids is 3. The predicted octanol–water partition coefficient (Wildman–Crippen LogP) is 17.3. The van der Waals surface area contributed by atoms with E-state index in [1.807, 2.05) is 0 Å². The van der Waals surface area contributed by atoms with E-state index >= 15 is 0 Å². The molecular formula is C54H104O6. The minimum Gasteiger partial charge on any atom is -0.462 e. The summed E-state index contributed by atoms with van der Waals surface area (Å²) in [5.41, 5.74) is 0. The molecule has 0 aliphatic carbocycles. The van der Waals surface area contributed by atoms with Crippen molar-refractivity contribution in [1.29, 1.82) is 0 Å². The van der Waals surface area contributed by atoms with Crippen molar-refractivity contribution in [3.8, 4) is 0 Å². The molecule has 1 atom stereocenters. The predicted molar refractivity (Wildman–Crippen MR) is 256 cm³/mol. The molecule has 0 aromatic rings. The van der Waals surface area contributed by atoms with E-state index in [1.165, 1.54) is 186 Å². The second-order valence-corrected chi connectivity index (χ2v) is 19.5. The van der Waals surface area contributed by atoms with Crippen molar-refractivity contribution in [2.24, 2.45) is 11.8 Å². The summed E-state index contributed by atoms with van der Waals surface area (Å²) in [6.45, 7) is 11.3. The average molecular weight is 849 g/mol. The number of hydrogen-bond acceptors (Lipinski definition) is 6. The second kappa shape index (κ2) is 46.9. The second-order valence-electron chi connectivity index (χ2n) is 19.5. The molecule has 0 radical (unpaired) electrons. The topological polar surface area (TPSA) is 78.9 Å². The van der Waals surface area contributed by atoms with Crippen LogP contribution in [0, 0.1) is 11.8 Å². The molecule has 0 saturated carbocycles. The molecule has 0 rings (SSSR count). The van der Waals surface area contributed by atoms with Crippen LogP contribution in [0.3, 0.4) is 0 Å². The summed E-state index contributed by atoms with van der Waals surface area (Å²) >= 11 is 0. The van der Waals surface area contributed by atoms with E-state index in [0.717, 1.165) is 69.6 Å². The Morgan fingerprint density at radius 2 is 0.550 bits per heavy atom. The van der Waals surface area contributed by atoms with E-state index in [-0.39, 0.29) is 31.1 Å². The molecule has 0 fully saturated rings. The van der Waals surface area contributed by atoms with Gasteiger partial charge in [-0.3, -0.25) is 14.4 Å². The van der Waals surface area contributed by atoms with E-state index in [9.17, 15) is 14.4 Å². The van der Waals surface area contributed by atoms with Gasteiger partial charge in [-0.05, 0) is 31.1 Å². The maximum atomic E-state index is 12.8. The number of carbonyl (C=O) groups is 3. The van der Waals surface area contributed by atoms with Crippen molar-refractivity contribution in [1.82, 2.24) is 0 Å². The molecule has 0 aromatic heterocycles. The first kappa shape index (κ1) is 58.4. The fraction of sp³-hybridized carbons (Fsp3) is 0.944. The van der Waals surface area contributed by atoms with Crippen LogP contribution in [-0.4, -0.2) is 37.2 Å². The standard InChI is InChI=1S/C54H104O6/c1-6-7-8-9-10-11-12-13-14-15-16-17-18-19-24-29-34-39-44-52(55)58-47-51(60-54(57)46-41-36-31-26-21-23-28-33-38-43-50(4)5)48-59-53(56)45-40-35-30-25-20-22-27-32-37-42-49(2)3/h49-51H,6-48H2,1-5H3/t51-/m0/s1. The van der Waals surface area contributed by atoms with Gasteiger partial charge in [0.1, 0.15) is 13.2 Å². The van der Waals surface area contributed by atoms with Crippen LogP contribution in [0.1, 0.15) is 298 Å². The van der Waals surface area contributed by atoms with Crippen LogP contribution in [0.15, 0.2) is 0 Å². The van der Waals surface area contributed by atoms with Crippen LogP contribution in [-0.2, 0) is 28.6 Å². The van der Waals surface area contributed by atoms with E-state index in [4.69, 9.17) is 14.2 Å². The number of ether oxygens (including phenoxy) is 3. The van der Waals surface area contributed by atoms with Gasteiger partial charge in [0.25, 0.3) is 0 Å². The lowest BCUT2D eigenvalue weighted by atomic mass is 10.0. The van der Waals surface area contributed by atoms with Crippen molar-refractivity contribution >= 4 is 17.9 Å². The molecule has 0 bridgehead atoms. The van der Waals surface area contributed by atoms with Crippen molar-refractivity contribution in [2.75, 3.05) is 13.2 Å². The van der Waals surface area contributed by atoms with Crippen LogP contribution in [0.4, 0.5) is 0 Å². The summed E-state index contributed by atoms with van der Waals surface area (Å²) in [7, 11) is 0. The molecule has 0 amide bonds. The SMILES string of the molecule is CCCCCCCCCCCCCCCCCCCCC(=O)OC[C@@H](COC(=O)CCCCCCCCCCCC(C)C)OC(=O)CCCCCCCCCCCC(C)C. The molecule has 6 heteroatoms. The number of esters is 3. The van der Waals surface area contributed by atoms with Gasteiger partial charge in [0.2, 0.25) is 0 Å². The number of hydrogen-bond donors (Lipinski definition) is 0. The van der Waals surface area contributed by atoms with Gasteiger partial charge < -0.3 is 14.2 Å². The molecule has 0 aliphatic rings. The van der Waals surface area contributed by atoms with Gasteiger partial charge in [-0.15, -0.1) is 0 Å². The molecule has 0 heterocycles. The third-order valence-corrected chi connectivity index (χ3v) is 12.2. The Balaban J connectivity index is 4.27. The van der Waals surface area contributed by atoms with Crippen molar-refractivity contribution in [3.63, 3.8) is 0 Å². The quantitative estimate of drug-likeness (QED) is 0.0345. The first-order valence-corrected chi connectivity index (χ1v) is 26.7. The van der Waals surface area contributed by atoms with Crippen LogP contribution < -0.4 is 0 Å². The zero-order valence-electron chi connectivity index (χ0n) is 41.1. The first-order valence-electron chi connectivity index (χ1n) is 26.7. The Morgan fingerprint density at radius 1 is 0.317 bits per heavy atom. The Labute approximate surface area is 374 Å². The highest BCUT2D eigenvalue weighted by molar-refractivity contribution is 5.71. The molecule has 0 aliphatic heterocycles. The van der Waals surface area contributed by atoms with Gasteiger partial charge in [0.15, 0.2) is 6.10 Å². The number of unbranched alkanes of at least 4 members (excludes halogenated alkanes) is 33. The van der Waals surface area contributed by atoms with Gasteiger partial charge in [0.05, 0.1) is 0 Å². The van der Waals surface area contributed by atoms with Crippen LogP contribution in [0.5, 0.6) is 0 Å². The third kappa shape index (κ3) is 47.5. The summed E-state index contributed by atoms with van der Waals surface area (Å²) in [4.78, 5) is 38.0. The Bertz CT molecular complexity index is 916. The van der Waals surface area contributed by atoms with E-state index in [2.05, 4.69) is 34.6 Å². The van der Waals surface area contributed by atoms with E-state index in [1.54, 1.807) is 0 Å². The Kier molecular flexibility index (Phi) is 45.7. The zero-order valence-corrected chi connectivity index (χ0v) is 41.1. The first-order chi connectivity index (χ1) is 29.2. The van der Waals surface area contributed by atoms with Gasteiger partial charge >= 0.3 is 17.9 Å². The van der Waals surface area contributed by atoms with Gasteiger partial charge in [-0.1, -0.05) is 259 Å². The third-order valence-electron chi connectivity index (χ3n) is 12.2. The minimum absolute atomic E-state index is 0.0639. The fourth-order valence-electron chi connectivity index (χ4n) is 8.17. The maximum absolute atomic E-state index is 12.8. The fourth-order valence-corrected chi connectivity index (χ4v) is 8.17. The van der Waals surface area contributed by atoms with Crippen LogP contribution >= 0.6 is 0 Å². The summed E-state index contributed by atoms with van der Waals surface area (Å²) in [6.07, 6.45) is 48.1. The van der Waals surface area contributed by atoms with Crippen LogP contribution in [0.25, 0.3) is 0 Å². The van der Waals surface area contributed by atoms with E-state index < -0.39 is 6.10 Å². The molecule has 60 heavy (non-hydrogen) atoms. The zero-order chi connectivity index (χ0) is 44.0. The smallest absolute Gasteiger partial charge is 0.306 e. The lowest BCUT2D eigenvalue weighted by Crippen LogP contribution is -2.30. The molecule has 0 spiro atoms. The summed E-state index contributed by atoms with van der Waals surface area (Å²) < 4.78 is 16.8. The lowest BCUT2D eigenvalue weighted by molar-refractivity contribution is -0.167. The highest BCUT2D eigenvalue weighted by Crippen LogP contribution is 2.17. The molecular weight excluding hydrogens is 745 g/mol. The maximum Gasteiger partial charge on any atom is 0.306 e. The average Bonchev–Trinajstić information content (AvgIpc) is 3.22. The normalized spacial score (nSPS) is 12.1. The van der Waals surface area contributed by atoms with Crippen molar-refractivity contribution in [2.45, 2.75) is 304 Å². The Hall–Kier alpha value is -1.59. The molecule has 0 unspecified atom stereocenters. The lowest BCUT2D eigenvalue weighted by Gasteiger charge is -2.18. The monoisotopic (exact) mass is 849 g/mol. The molecule has 6 nitrogen and oxygen atoms in total. The summed E-state index contributed by atoms with van der Waals surface area (Å²) in [5, 5.41) is 0. The summed E-state index contributed by atoms with van der Waals surface area (Å²) in [6, 6.07) is 0. The van der Waals surface area contributed by atoms with Gasteiger partial charge in [0, 0.05) is 19.3 Å². The van der Waals surface area contributed by atoms with Gasteiger partial charge in [-0.2, -0.15) is 0 Å². The minimum atomic E-state index is -0.762. The molecule has 0 aromatic carbocycles. The van der Waals surface area contributed by atoms with Crippen molar-refractivity contribution < 1.29 is 28.6 Å².